The van der Waals surface area contributed by atoms with Crippen LogP contribution in [0.15, 0.2) is 39.9 Å². The van der Waals surface area contributed by atoms with Gasteiger partial charge in [-0.2, -0.15) is 0 Å². The number of nitrogens with one attached hydrogen (secondary N) is 1. The van der Waals surface area contributed by atoms with Gasteiger partial charge >= 0.3 is 0 Å². The first-order valence-electron chi connectivity index (χ1n) is 7.57. The Kier molecular flexibility index (Phi) is 3.07. The number of nitrogens with zero attached hydrogens (tertiary/aromatic N) is 3. The Bertz CT molecular complexity index is 923. The van der Waals surface area contributed by atoms with Crippen LogP contribution in [0.3, 0.4) is 0 Å². The number of furan rings is 1. The molecule has 3 aromatic heterocycles. The highest BCUT2D eigenvalue weighted by atomic mass is 16.3. The highest BCUT2D eigenvalue weighted by Crippen LogP contribution is 2.32. The van der Waals surface area contributed by atoms with Gasteiger partial charge in [-0.15, -0.1) is 0 Å². The number of carbonyl (C=O) groups is 1. The lowest BCUT2D eigenvalue weighted by atomic mass is 10.1. The molecule has 1 amide bonds. The maximum absolute atomic E-state index is 12.8. The average molecular weight is 312 g/mol. The van der Waals surface area contributed by atoms with E-state index in [0.717, 1.165) is 24.3 Å². The molecule has 1 atom stereocenters. The molecular formula is C16H16N4O3. The maximum atomic E-state index is 12.8. The van der Waals surface area contributed by atoms with Gasteiger partial charge in [0, 0.05) is 24.5 Å². The van der Waals surface area contributed by atoms with E-state index >= 15 is 0 Å². The van der Waals surface area contributed by atoms with Crippen LogP contribution in [0.4, 0.5) is 0 Å². The van der Waals surface area contributed by atoms with Crippen LogP contribution in [0.25, 0.3) is 5.65 Å². The Morgan fingerprint density at radius 3 is 3.13 bits per heavy atom. The molecule has 0 aliphatic carbocycles. The highest BCUT2D eigenvalue weighted by molar-refractivity contribution is 5.94. The molecular weight excluding hydrogens is 296 g/mol. The molecule has 7 nitrogen and oxygen atoms in total. The first kappa shape index (κ1) is 13.8. The Morgan fingerprint density at radius 2 is 2.35 bits per heavy atom. The second-order valence-electron chi connectivity index (χ2n) is 5.78. The summed E-state index contributed by atoms with van der Waals surface area (Å²) in [6.45, 7) is 2.44. The number of carbonyl (C=O) groups excluding carboxylic acids is 1. The lowest BCUT2D eigenvalue weighted by molar-refractivity contribution is 0.0717. The normalized spacial score (nSPS) is 18.0. The molecule has 118 valence electrons. The van der Waals surface area contributed by atoms with Crippen LogP contribution in [-0.2, 0) is 0 Å². The first-order valence-corrected chi connectivity index (χ1v) is 7.57. The van der Waals surface area contributed by atoms with Crippen molar-refractivity contribution in [2.75, 3.05) is 6.54 Å². The summed E-state index contributed by atoms with van der Waals surface area (Å²) in [7, 11) is 0. The molecule has 0 radical (unpaired) electrons. The number of likely N-dealkylation sites (tertiary alicyclic amines) is 1. The molecule has 4 rings (SSSR count). The number of hydrogen-bond acceptors (Lipinski definition) is 4. The van der Waals surface area contributed by atoms with E-state index in [2.05, 4.69) is 10.1 Å². The van der Waals surface area contributed by atoms with Gasteiger partial charge in [0.25, 0.3) is 11.5 Å². The van der Waals surface area contributed by atoms with Crippen molar-refractivity contribution in [2.24, 2.45) is 0 Å². The molecule has 3 aromatic rings. The topological polar surface area (TPSA) is 83.6 Å². The van der Waals surface area contributed by atoms with Crippen LogP contribution in [0.5, 0.6) is 0 Å². The summed E-state index contributed by atoms with van der Waals surface area (Å²) < 4.78 is 6.74. The first-order chi connectivity index (χ1) is 11.1. The Hall–Kier alpha value is -2.83. The van der Waals surface area contributed by atoms with Gasteiger partial charge in [0.05, 0.1) is 12.3 Å². The molecule has 23 heavy (non-hydrogen) atoms. The van der Waals surface area contributed by atoms with Crippen LogP contribution in [0.2, 0.25) is 0 Å². The summed E-state index contributed by atoms with van der Waals surface area (Å²) in [6, 6.07) is 5.30. The molecule has 0 unspecified atom stereocenters. The van der Waals surface area contributed by atoms with Crippen molar-refractivity contribution in [1.29, 1.82) is 0 Å². The van der Waals surface area contributed by atoms with Crippen molar-refractivity contribution in [3.63, 3.8) is 0 Å². The number of hydrogen-bond donors (Lipinski definition) is 1. The minimum atomic E-state index is -0.377. The number of aromatic nitrogens is 3. The SMILES string of the molecule is Cc1cc2ncc(C(=O)N3CCC[C@H]3c3ccco3)c(=O)n2[nH]1. The number of H-pyrrole nitrogens is 1. The zero-order valence-corrected chi connectivity index (χ0v) is 12.7. The molecule has 1 saturated heterocycles. The van der Waals surface area contributed by atoms with Crippen molar-refractivity contribution >= 4 is 11.6 Å². The zero-order valence-electron chi connectivity index (χ0n) is 12.7. The van der Waals surface area contributed by atoms with Gasteiger partial charge in [-0.25, -0.2) is 9.50 Å². The highest BCUT2D eigenvalue weighted by Gasteiger charge is 2.33. The summed E-state index contributed by atoms with van der Waals surface area (Å²) in [5.41, 5.74) is 1.02. The summed E-state index contributed by atoms with van der Waals surface area (Å²) in [4.78, 5) is 31.3. The number of rotatable bonds is 2. The van der Waals surface area contributed by atoms with Crippen LogP contribution in [0, 0.1) is 6.92 Å². The summed E-state index contributed by atoms with van der Waals surface area (Å²) in [5.74, 6) is 0.448. The molecule has 0 aromatic carbocycles. The number of aryl methyl sites for hydroxylation is 1. The van der Waals surface area contributed by atoms with Crippen molar-refractivity contribution in [2.45, 2.75) is 25.8 Å². The average Bonchev–Trinajstić information content (AvgIpc) is 3.26. The van der Waals surface area contributed by atoms with Gasteiger partial charge in [0.15, 0.2) is 5.65 Å². The van der Waals surface area contributed by atoms with E-state index in [1.165, 1.54) is 10.7 Å². The van der Waals surface area contributed by atoms with Gasteiger partial charge in [-0.1, -0.05) is 0 Å². The van der Waals surface area contributed by atoms with Gasteiger partial charge < -0.3 is 9.32 Å². The van der Waals surface area contributed by atoms with Crippen molar-refractivity contribution in [1.82, 2.24) is 19.5 Å². The number of amides is 1. The van der Waals surface area contributed by atoms with Gasteiger partial charge in [-0.3, -0.25) is 14.7 Å². The lowest BCUT2D eigenvalue weighted by Crippen LogP contribution is -2.35. The van der Waals surface area contributed by atoms with Gasteiger partial charge in [-0.05, 0) is 31.9 Å². The zero-order chi connectivity index (χ0) is 16.0. The Balaban J connectivity index is 1.74. The van der Waals surface area contributed by atoms with E-state index in [9.17, 15) is 9.59 Å². The summed E-state index contributed by atoms with van der Waals surface area (Å²) in [5, 5.41) is 2.90. The fourth-order valence-corrected chi connectivity index (χ4v) is 3.17. The standard InChI is InChI=1S/C16H16N4O3/c1-10-8-14-17-9-11(16(22)20(14)18-10)15(21)19-6-2-4-12(19)13-5-3-7-23-13/h3,5,7-9,12,18H,2,4,6H2,1H3/t12-/m0/s1. The van der Waals surface area contributed by atoms with E-state index in [1.54, 1.807) is 23.3 Å². The molecule has 1 fully saturated rings. The minimum Gasteiger partial charge on any atom is -0.467 e. The van der Waals surface area contributed by atoms with Crippen molar-refractivity contribution < 1.29 is 9.21 Å². The molecule has 0 spiro atoms. The molecule has 1 aliphatic heterocycles. The van der Waals surface area contributed by atoms with E-state index in [4.69, 9.17) is 4.42 Å². The maximum Gasteiger partial charge on any atom is 0.285 e. The Morgan fingerprint density at radius 1 is 1.48 bits per heavy atom. The largest absolute Gasteiger partial charge is 0.467 e. The van der Waals surface area contributed by atoms with Crippen LogP contribution in [0.1, 0.15) is 40.7 Å². The number of fused-ring (bicyclic) bond motifs is 1. The monoisotopic (exact) mass is 312 g/mol. The quantitative estimate of drug-likeness (QED) is 0.783. The van der Waals surface area contributed by atoms with E-state index in [1.807, 2.05) is 13.0 Å². The predicted molar refractivity (Wildman–Crippen MR) is 82.3 cm³/mol. The molecule has 4 heterocycles. The second-order valence-corrected chi connectivity index (χ2v) is 5.78. The number of aromatic amines is 1. The molecule has 0 bridgehead atoms. The second kappa shape index (κ2) is 5.12. The summed E-state index contributed by atoms with van der Waals surface area (Å²) >= 11 is 0. The van der Waals surface area contributed by atoms with Crippen molar-refractivity contribution in [3.05, 3.63) is 58.0 Å². The van der Waals surface area contributed by atoms with E-state index < -0.39 is 0 Å². The minimum absolute atomic E-state index is 0.0720. The molecule has 1 N–H and O–H groups in total. The molecule has 1 aliphatic rings. The third-order valence-corrected chi connectivity index (χ3v) is 4.24. The van der Waals surface area contributed by atoms with Gasteiger partial charge in [0.2, 0.25) is 0 Å². The van der Waals surface area contributed by atoms with Gasteiger partial charge in [0.1, 0.15) is 11.3 Å². The van der Waals surface area contributed by atoms with Crippen LogP contribution >= 0.6 is 0 Å². The fraction of sp³-hybridized carbons (Fsp3) is 0.312. The predicted octanol–water partition coefficient (Wildman–Crippen LogP) is 1.90. The molecule has 0 saturated carbocycles. The van der Waals surface area contributed by atoms with Crippen LogP contribution < -0.4 is 5.56 Å². The van der Waals surface area contributed by atoms with Crippen molar-refractivity contribution in [3.8, 4) is 0 Å². The third-order valence-electron chi connectivity index (χ3n) is 4.24. The van der Waals surface area contributed by atoms with E-state index in [-0.39, 0.29) is 23.1 Å². The molecule has 7 heteroatoms. The third kappa shape index (κ3) is 2.16. The fourth-order valence-electron chi connectivity index (χ4n) is 3.17. The Labute approximate surface area is 131 Å². The summed E-state index contributed by atoms with van der Waals surface area (Å²) in [6.07, 6.45) is 4.68. The van der Waals surface area contributed by atoms with Crippen LogP contribution in [-0.4, -0.2) is 31.9 Å². The smallest absolute Gasteiger partial charge is 0.285 e. The lowest BCUT2D eigenvalue weighted by Gasteiger charge is -2.22. The van der Waals surface area contributed by atoms with E-state index in [0.29, 0.717) is 12.2 Å².